The Morgan fingerprint density at radius 3 is 2.15 bits per heavy atom. The number of ether oxygens (including phenoxy) is 4. The van der Waals surface area contributed by atoms with Crippen LogP contribution in [0.1, 0.15) is 41.8 Å². The van der Waals surface area contributed by atoms with Crippen molar-refractivity contribution >= 4 is 59.1 Å². The summed E-state index contributed by atoms with van der Waals surface area (Å²) in [6.45, 7) is 6.49. The standard InChI is InChI=1S/C36H44BClN6O8/c1-3-41-33(45)23-31-35(40)44(24(2)39)32-13-12-29(22-30(32)34(43-31)25-6-10-28(38)11-7-25)52-21-20-51-19-18-50-17-16-49-15-14-42-36(46)26-4-8-27(9-5-26)37(47)48/h4-13,22,31,39-40,47-48H,3,14-21,23H2,1-2H3,(H,41,45)(H,42,46)/t31-/m0/s1. The Hall–Kier alpha value is -4.64. The Labute approximate surface area is 308 Å². The Morgan fingerprint density at radius 1 is 0.904 bits per heavy atom. The van der Waals surface area contributed by atoms with Gasteiger partial charge < -0.3 is 39.6 Å². The lowest BCUT2D eigenvalue weighted by molar-refractivity contribution is -0.121. The van der Waals surface area contributed by atoms with Gasteiger partial charge in [-0.2, -0.15) is 0 Å². The average Bonchev–Trinajstić information content (AvgIpc) is 3.24. The minimum absolute atomic E-state index is 0.0227. The molecule has 0 radical (unpaired) electrons. The fourth-order valence-corrected chi connectivity index (χ4v) is 5.37. The molecule has 16 heteroatoms. The third-order valence-electron chi connectivity index (χ3n) is 7.75. The van der Waals surface area contributed by atoms with Crippen molar-refractivity contribution in [1.29, 1.82) is 10.8 Å². The van der Waals surface area contributed by atoms with E-state index in [-0.39, 0.29) is 36.5 Å². The second kappa shape index (κ2) is 20.4. The van der Waals surface area contributed by atoms with Crippen LogP contribution in [0.3, 0.4) is 0 Å². The molecule has 0 saturated heterocycles. The number of nitrogens with zero attached hydrogens (tertiary/aromatic N) is 2. The highest BCUT2D eigenvalue weighted by Gasteiger charge is 2.32. The molecule has 14 nitrogen and oxygen atoms in total. The molecular formula is C36H44BClN6O8. The summed E-state index contributed by atoms with van der Waals surface area (Å²) in [5.74, 6) is 0.162. The topological polar surface area (TPSA) is 199 Å². The van der Waals surface area contributed by atoms with E-state index in [2.05, 4.69) is 10.6 Å². The minimum Gasteiger partial charge on any atom is -0.491 e. The third kappa shape index (κ3) is 11.7. The molecule has 0 aromatic heterocycles. The first-order valence-corrected chi connectivity index (χ1v) is 17.3. The highest BCUT2D eigenvalue weighted by molar-refractivity contribution is 6.58. The number of carbonyl (C=O) groups is 2. The number of aliphatic imine (C=N–C) groups is 1. The zero-order valence-electron chi connectivity index (χ0n) is 29.2. The molecule has 3 aromatic carbocycles. The van der Waals surface area contributed by atoms with Crippen molar-refractivity contribution in [3.05, 3.63) is 88.4 Å². The SMILES string of the molecule is CCNC(=O)C[C@@H]1N=C(c2ccc(Cl)cc2)c2cc(OCCOCCOCCOCCNC(=O)c3ccc(B(O)O)cc3)ccc2N(C(C)=N)C1=N. The maximum Gasteiger partial charge on any atom is 0.488 e. The van der Waals surface area contributed by atoms with Crippen LogP contribution in [0.2, 0.25) is 5.02 Å². The van der Waals surface area contributed by atoms with Gasteiger partial charge in [0.15, 0.2) is 0 Å². The third-order valence-corrected chi connectivity index (χ3v) is 8.01. The van der Waals surface area contributed by atoms with Gasteiger partial charge >= 0.3 is 7.12 Å². The van der Waals surface area contributed by atoms with Crippen molar-refractivity contribution in [3.63, 3.8) is 0 Å². The monoisotopic (exact) mass is 734 g/mol. The minimum atomic E-state index is -1.58. The molecule has 52 heavy (non-hydrogen) atoms. The summed E-state index contributed by atoms with van der Waals surface area (Å²) >= 11 is 6.17. The first-order chi connectivity index (χ1) is 25.1. The largest absolute Gasteiger partial charge is 0.491 e. The van der Waals surface area contributed by atoms with Gasteiger partial charge in [0.1, 0.15) is 30.1 Å². The van der Waals surface area contributed by atoms with Crippen LogP contribution in [-0.4, -0.2) is 112 Å². The molecule has 0 unspecified atom stereocenters. The number of nitrogens with one attached hydrogen (secondary N) is 4. The summed E-state index contributed by atoms with van der Waals surface area (Å²) in [6, 6.07) is 17.7. The van der Waals surface area contributed by atoms with E-state index in [0.29, 0.717) is 91.5 Å². The number of amides is 2. The van der Waals surface area contributed by atoms with Crippen molar-refractivity contribution in [1.82, 2.24) is 10.6 Å². The molecule has 1 aliphatic heterocycles. The second-order valence-corrected chi connectivity index (χ2v) is 12.0. The van der Waals surface area contributed by atoms with E-state index in [1.165, 1.54) is 29.2 Å². The highest BCUT2D eigenvalue weighted by atomic mass is 35.5. The lowest BCUT2D eigenvalue weighted by Gasteiger charge is -2.26. The van der Waals surface area contributed by atoms with Gasteiger partial charge in [0.05, 0.1) is 57.5 Å². The fraction of sp³-hybridized carbons (Fsp3) is 0.361. The van der Waals surface area contributed by atoms with Crippen molar-refractivity contribution < 1.29 is 38.6 Å². The second-order valence-electron chi connectivity index (χ2n) is 11.6. The Balaban J connectivity index is 1.22. The van der Waals surface area contributed by atoms with E-state index in [9.17, 15) is 9.59 Å². The highest BCUT2D eigenvalue weighted by Crippen LogP contribution is 2.33. The molecule has 6 N–H and O–H groups in total. The van der Waals surface area contributed by atoms with Gasteiger partial charge in [0, 0.05) is 34.8 Å². The van der Waals surface area contributed by atoms with Gasteiger partial charge in [-0.25, -0.2) is 0 Å². The first-order valence-electron chi connectivity index (χ1n) is 16.9. The molecule has 2 amide bonds. The lowest BCUT2D eigenvalue weighted by atomic mass is 9.80. The summed E-state index contributed by atoms with van der Waals surface area (Å²) in [6.07, 6.45) is -0.0455. The number of carbonyl (C=O) groups excluding carboxylic acids is 2. The summed E-state index contributed by atoms with van der Waals surface area (Å²) in [5.41, 5.74) is 3.23. The molecule has 1 heterocycles. The van der Waals surface area contributed by atoms with Crippen LogP contribution in [0, 0.1) is 10.8 Å². The van der Waals surface area contributed by atoms with Crippen LogP contribution < -0.4 is 25.7 Å². The summed E-state index contributed by atoms with van der Waals surface area (Å²) in [7, 11) is -1.58. The number of hydrogen-bond acceptors (Lipinski definition) is 11. The van der Waals surface area contributed by atoms with Gasteiger partial charge in [0.25, 0.3) is 5.91 Å². The van der Waals surface area contributed by atoms with Crippen molar-refractivity contribution in [2.75, 3.05) is 64.2 Å². The van der Waals surface area contributed by atoms with Crippen LogP contribution in [0.4, 0.5) is 5.69 Å². The Morgan fingerprint density at radius 2 is 1.54 bits per heavy atom. The van der Waals surface area contributed by atoms with Gasteiger partial charge in [0.2, 0.25) is 5.91 Å². The number of anilines is 1. The summed E-state index contributed by atoms with van der Waals surface area (Å²) < 4.78 is 22.7. The maximum absolute atomic E-state index is 12.6. The Bertz CT molecular complexity index is 1710. The molecular weight excluding hydrogens is 691 g/mol. The van der Waals surface area contributed by atoms with Crippen LogP contribution in [0.5, 0.6) is 5.75 Å². The van der Waals surface area contributed by atoms with Crippen LogP contribution >= 0.6 is 11.6 Å². The molecule has 4 rings (SSSR count). The molecule has 0 spiro atoms. The van der Waals surface area contributed by atoms with E-state index < -0.39 is 13.2 Å². The van der Waals surface area contributed by atoms with Crippen molar-refractivity contribution in [3.8, 4) is 5.75 Å². The molecule has 0 saturated carbocycles. The number of hydrogen-bond donors (Lipinski definition) is 6. The normalized spacial score (nSPS) is 13.9. The van der Waals surface area contributed by atoms with Gasteiger partial charge in [-0.15, -0.1) is 0 Å². The zero-order chi connectivity index (χ0) is 37.5. The molecule has 1 aliphatic rings. The van der Waals surface area contributed by atoms with Crippen LogP contribution in [-0.2, 0) is 19.0 Å². The van der Waals surface area contributed by atoms with E-state index in [1.54, 1.807) is 31.2 Å². The van der Waals surface area contributed by atoms with Crippen molar-refractivity contribution in [2.45, 2.75) is 26.3 Å². The number of benzodiazepines with no additional fused rings is 1. The van der Waals surface area contributed by atoms with Gasteiger partial charge in [-0.05, 0) is 61.8 Å². The fourth-order valence-electron chi connectivity index (χ4n) is 5.25. The smallest absolute Gasteiger partial charge is 0.488 e. The summed E-state index contributed by atoms with van der Waals surface area (Å²) in [4.78, 5) is 31.2. The quantitative estimate of drug-likeness (QED) is 0.0464. The van der Waals surface area contributed by atoms with Crippen LogP contribution in [0.15, 0.2) is 71.7 Å². The molecule has 3 aromatic rings. The van der Waals surface area contributed by atoms with E-state index in [4.69, 9.17) is 56.4 Å². The average molecular weight is 735 g/mol. The number of fused-ring (bicyclic) bond motifs is 1. The molecule has 0 aliphatic carbocycles. The maximum atomic E-state index is 12.6. The number of benzene rings is 3. The van der Waals surface area contributed by atoms with Gasteiger partial charge in [-0.3, -0.25) is 30.3 Å². The van der Waals surface area contributed by atoms with Crippen molar-refractivity contribution in [2.24, 2.45) is 4.99 Å². The predicted molar refractivity (Wildman–Crippen MR) is 201 cm³/mol. The summed E-state index contributed by atoms with van der Waals surface area (Å²) in [5, 5.41) is 41.8. The molecule has 1 atom stereocenters. The number of amidine groups is 2. The van der Waals surface area contributed by atoms with Gasteiger partial charge in [-0.1, -0.05) is 35.9 Å². The van der Waals surface area contributed by atoms with Crippen LogP contribution in [0.25, 0.3) is 0 Å². The van der Waals surface area contributed by atoms with E-state index >= 15 is 0 Å². The first kappa shape index (κ1) is 40.1. The zero-order valence-corrected chi connectivity index (χ0v) is 29.9. The van der Waals surface area contributed by atoms with E-state index in [1.807, 2.05) is 25.1 Å². The molecule has 276 valence electrons. The number of halogens is 1. The molecule has 0 bridgehead atoms. The predicted octanol–water partition coefficient (Wildman–Crippen LogP) is 2.41. The number of rotatable bonds is 19. The molecule has 0 fully saturated rings. The Kier molecular flexibility index (Phi) is 15.8. The van der Waals surface area contributed by atoms with E-state index in [0.717, 1.165) is 5.56 Å². The lowest BCUT2D eigenvalue weighted by Crippen LogP contribution is -2.42.